The van der Waals surface area contributed by atoms with E-state index in [0.717, 1.165) is 18.4 Å². The van der Waals surface area contributed by atoms with Gasteiger partial charge in [0, 0.05) is 13.1 Å². The monoisotopic (exact) mass is 225 g/mol. The van der Waals surface area contributed by atoms with Crippen LogP contribution in [-0.4, -0.2) is 35.7 Å². The van der Waals surface area contributed by atoms with Crippen molar-refractivity contribution in [3.63, 3.8) is 0 Å². The van der Waals surface area contributed by atoms with Crippen LogP contribution in [0.3, 0.4) is 0 Å². The Morgan fingerprint density at radius 1 is 1.12 bits per heavy atom. The first-order valence-electron chi connectivity index (χ1n) is 7.07. The first-order chi connectivity index (χ1) is 7.66. The molecular formula is C14H27NO. The van der Waals surface area contributed by atoms with Gasteiger partial charge in [-0.2, -0.15) is 0 Å². The molecule has 0 aromatic carbocycles. The van der Waals surface area contributed by atoms with Crippen molar-refractivity contribution in [2.24, 2.45) is 17.8 Å². The highest BCUT2D eigenvalue weighted by atomic mass is 16.3. The third-order valence-electron chi connectivity index (χ3n) is 4.64. The van der Waals surface area contributed by atoms with Gasteiger partial charge < -0.3 is 10.0 Å². The Kier molecular flexibility index (Phi) is 4.26. The molecule has 1 saturated carbocycles. The number of nitrogens with zero attached hydrogens (tertiary/aromatic N) is 1. The summed E-state index contributed by atoms with van der Waals surface area (Å²) >= 11 is 0. The topological polar surface area (TPSA) is 23.5 Å². The highest BCUT2D eigenvalue weighted by Gasteiger charge is 2.29. The quantitative estimate of drug-likeness (QED) is 0.794. The average molecular weight is 225 g/mol. The van der Waals surface area contributed by atoms with E-state index in [1.807, 2.05) is 0 Å². The van der Waals surface area contributed by atoms with Crippen molar-refractivity contribution in [2.45, 2.75) is 52.1 Å². The third-order valence-corrected chi connectivity index (χ3v) is 4.64. The second-order valence-corrected chi connectivity index (χ2v) is 6.16. The van der Waals surface area contributed by atoms with Crippen LogP contribution in [0, 0.1) is 17.8 Å². The van der Waals surface area contributed by atoms with Gasteiger partial charge in [0.15, 0.2) is 0 Å². The van der Waals surface area contributed by atoms with E-state index in [1.54, 1.807) is 0 Å². The summed E-state index contributed by atoms with van der Waals surface area (Å²) in [7, 11) is 0. The Labute approximate surface area is 100 Å². The van der Waals surface area contributed by atoms with Crippen molar-refractivity contribution in [2.75, 3.05) is 19.6 Å². The molecule has 0 aromatic rings. The molecule has 2 nitrogen and oxygen atoms in total. The van der Waals surface area contributed by atoms with Gasteiger partial charge in [-0.1, -0.05) is 26.7 Å². The van der Waals surface area contributed by atoms with Crippen LogP contribution in [0.2, 0.25) is 0 Å². The second kappa shape index (κ2) is 5.50. The van der Waals surface area contributed by atoms with Gasteiger partial charge in [0.1, 0.15) is 0 Å². The van der Waals surface area contributed by atoms with E-state index in [2.05, 4.69) is 18.7 Å². The van der Waals surface area contributed by atoms with E-state index >= 15 is 0 Å². The molecule has 94 valence electrons. The lowest BCUT2D eigenvalue weighted by molar-refractivity contribution is 0.0720. The fourth-order valence-corrected chi connectivity index (χ4v) is 3.33. The molecule has 2 atom stereocenters. The van der Waals surface area contributed by atoms with Crippen LogP contribution in [0.5, 0.6) is 0 Å². The molecule has 0 aromatic heterocycles. The number of hydrogen-bond acceptors (Lipinski definition) is 2. The Morgan fingerprint density at radius 2 is 1.81 bits per heavy atom. The predicted molar refractivity (Wildman–Crippen MR) is 67.3 cm³/mol. The molecule has 1 aliphatic carbocycles. The Morgan fingerprint density at radius 3 is 2.38 bits per heavy atom. The molecule has 1 saturated heterocycles. The fourth-order valence-electron chi connectivity index (χ4n) is 3.33. The molecule has 0 radical (unpaired) electrons. The number of aliphatic hydroxyl groups excluding tert-OH is 1. The molecule has 1 N–H and O–H groups in total. The van der Waals surface area contributed by atoms with Crippen molar-refractivity contribution < 1.29 is 5.11 Å². The molecule has 1 aliphatic heterocycles. The van der Waals surface area contributed by atoms with Crippen molar-refractivity contribution in [3.05, 3.63) is 0 Å². The lowest BCUT2D eigenvalue weighted by Crippen LogP contribution is -2.34. The number of β-amino-alcohol motifs (C(OH)–C–C–N with tert-alkyl or cyclic N) is 1. The fraction of sp³-hybridized carbons (Fsp3) is 1.00. The zero-order valence-electron chi connectivity index (χ0n) is 10.9. The van der Waals surface area contributed by atoms with Gasteiger partial charge in [-0.3, -0.25) is 0 Å². The molecule has 2 heteroatoms. The molecule has 0 spiro atoms. The summed E-state index contributed by atoms with van der Waals surface area (Å²) in [6, 6.07) is 0. The maximum atomic E-state index is 10.2. The first-order valence-corrected chi connectivity index (χ1v) is 7.07. The molecule has 1 heterocycles. The van der Waals surface area contributed by atoms with E-state index in [0.29, 0.717) is 5.92 Å². The number of aliphatic hydroxyl groups is 1. The van der Waals surface area contributed by atoms with Crippen molar-refractivity contribution in [3.8, 4) is 0 Å². The molecule has 0 amide bonds. The molecular weight excluding hydrogens is 198 g/mol. The van der Waals surface area contributed by atoms with E-state index in [1.165, 1.54) is 45.2 Å². The summed E-state index contributed by atoms with van der Waals surface area (Å²) in [5.74, 6) is 2.25. The number of hydrogen-bond donors (Lipinski definition) is 1. The number of likely N-dealkylation sites (tertiary alicyclic amines) is 1. The third kappa shape index (κ3) is 2.98. The smallest absolute Gasteiger partial charge is 0.0695 e. The molecule has 2 aliphatic rings. The highest BCUT2D eigenvalue weighted by molar-refractivity contribution is 4.82. The van der Waals surface area contributed by atoms with Crippen LogP contribution in [0.25, 0.3) is 0 Å². The lowest BCUT2D eigenvalue weighted by atomic mass is 9.95. The van der Waals surface area contributed by atoms with Gasteiger partial charge in [0.05, 0.1) is 6.10 Å². The van der Waals surface area contributed by atoms with Crippen LogP contribution >= 0.6 is 0 Å². The van der Waals surface area contributed by atoms with Gasteiger partial charge in [0.2, 0.25) is 0 Å². The molecule has 16 heavy (non-hydrogen) atoms. The van der Waals surface area contributed by atoms with Crippen molar-refractivity contribution >= 4 is 0 Å². The molecule has 2 unspecified atom stereocenters. The summed E-state index contributed by atoms with van der Waals surface area (Å²) in [6.07, 6.45) is 6.43. The Balaban J connectivity index is 1.73. The zero-order valence-corrected chi connectivity index (χ0v) is 10.9. The molecule has 2 rings (SSSR count). The van der Waals surface area contributed by atoms with Gasteiger partial charge in [-0.05, 0) is 43.6 Å². The summed E-state index contributed by atoms with van der Waals surface area (Å²) in [5, 5.41) is 10.2. The maximum absolute atomic E-state index is 10.2. The summed E-state index contributed by atoms with van der Waals surface area (Å²) in [5.41, 5.74) is 0. The van der Waals surface area contributed by atoms with Crippen LogP contribution in [0.1, 0.15) is 46.0 Å². The van der Waals surface area contributed by atoms with Crippen molar-refractivity contribution in [1.82, 2.24) is 4.90 Å². The van der Waals surface area contributed by atoms with Gasteiger partial charge in [-0.15, -0.1) is 0 Å². The molecule has 2 fully saturated rings. The minimum absolute atomic E-state index is 0.0617. The van der Waals surface area contributed by atoms with Crippen LogP contribution in [0.15, 0.2) is 0 Å². The van der Waals surface area contributed by atoms with Crippen LogP contribution in [-0.2, 0) is 0 Å². The van der Waals surface area contributed by atoms with Gasteiger partial charge >= 0.3 is 0 Å². The lowest BCUT2D eigenvalue weighted by Gasteiger charge is -2.24. The van der Waals surface area contributed by atoms with E-state index in [4.69, 9.17) is 0 Å². The van der Waals surface area contributed by atoms with E-state index in [9.17, 15) is 5.11 Å². The average Bonchev–Trinajstić information content (AvgIpc) is 2.87. The molecule has 0 bridgehead atoms. The maximum Gasteiger partial charge on any atom is 0.0695 e. The zero-order chi connectivity index (χ0) is 11.5. The predicted octanol–water partition coefficient (Wildman–Crippen LogP) is 2.52. The second-order valence-electron chi connectivity index (χ2n) is 6.16. The largest absolute Gasteiger partial charge is 0.392 e. The van der Waals surface area contributed by atoms with E-state index < -0.39 is 0 Å². The minimum atomic E-state index is -0.0617. The van der Waals surface area contributed by atoms with Crippen LogP contribution < -0.4 is 0 Å². The summed E-state index contributed by atoms with van der Waals surface area (Å²) in [6.45, 7) is 7.98. The van der Waals surface area contributed by atoms with Gasteiger partial charge in [0.25, 0.3) is 0 Å². The Bertz CT molecular complexity index is 211. The highest BCUT2D eigenvalue weighted by Crippen LogP contribution is 2.29. The summed E-state index contributed by atoms with van der Waals surface area (Å²) in [4.78, 5) is 2.48. The Hall–Kier alpha value is -0.0800. The van der Waals surface area contributed by atoms with E-state index in [-0.39, 0.29) is 6.10 Å². The first kappa shape index (κ1) is 12.4. The summed E-state index contributed by atoms with van der Waals surface area (Å²) < 4.78 is 0. The van der Waals surface area contributed by atoms with Crippen LogP contribution in [0.4, 0.5) is 0 Å². The number of rotatable bonds is 4. The van der Waals surface area contributed by atoms with Crippen molar-refractivity contribution in [1.29, 1.82) is 0 Å². The SMILES string of the molecule is CC(C)C1CCN(CC(O)C2CCCC2)C1. The normalized spacial score (nSPS) is 30.4. The minimum Gasteiger partial charge on any atom is -0.392 e. The van der Waals surface area contributed by atoms with Gasteiger partial charge in [-0.25, -0.2) is 0 Å². The standard InChI is InChI=1S/C14H27NO/c1-11(2)13-7-8-15(9-13)10-14(16)12-5-3-4-6-12/h11-14,16H,3-10H2,1-2H3.